The number of rotatable bonds is 6. The number of halogens is 1. The molecule has 2 rings (SSSR count). The van der Waals surface area contributed by atoms with Crippen molar-refractivity contribution in [3.63, 3.8) is 0 Å². The van der Waals surface area contributed by atoms with Crippen LogP contribution in [0.1, 0.15) is 5.56 Å². The average molecular weight is 302 g/mol. The number of aromatic hydroxyl groups is 1. The van der Waals surface area contributed by atoms with E-state index in [0.717, 1.165) is 0 Å². The van der Waals surface area contributed by atoms with Crippen LogP contribution in [0, 0.1) is 5.82 Å². The molecule has 2 aromatic rings. The zero-order valence-electron chi connectivity index (χ0n) is 11.7. The molecule has 0 radical (unpaired) electrons. The summed E-state index contributed by atoms with van der Waals surface area (Å²) < 4.78 is 17.9. The highest BCUT2D eigenvalue weighted by Gasteiger charge is 2.06. The van der Waals surface area contributed by atoms with E-state index in [4.69, 9.17) is 4.74 Å². The van der Waals surface area contributed by atoms with Crippen LogP contribution in [0.3, 0.4) is 0 Å². The molecule has 0 aliphatic carbocycles. The number of ether oxygens (including phenoxy) is 1. The smallest absolute Gasteiger partial charge is 0.276 e. The molecule has 0 atom stereocenters. The molecule has 0 aliphatic rings. The standard InChI is InChI=1S/C16H15FN2O3/c1-11(14-4-2-3-5-15(14)20)18-19-16(21)10-22-13-8-6-12(17)7-9-13/h2-9,18,20H,1,10H2,(H,19,21). The van der Waals surface area contributed by atoms with Crippen molar-refractivity contribution < 1.29 is 19.0 Å². The molecule has 1 amide bonds. The second-order valence-electron chi connectivity index (χ2n) is 4.41. The number of carbonyl (C=O) groups excluding carboxylic acids is 1. The van der Waals surface area contributed by atoms with Gasteiger partial charge in [-0.05, 0) is 36.4 Å². The Morgan fingerprint density at radius 1 is 1.14 bits per heavy atom. The summed E-state index contributed by atoms with van der Waals surface area (Å²) >= 11 is 0. The zero-order chi connectivity index (χ0) is 15.9. The van der Waals surface area contributed by atoms with Crippen molar-refractivity contribution in [1.29, 1.82) is 0 Å². The number of hydrazine groups is 1. The van der Waals surface area contributed by atoms with Crippen LogP contribution >= 0.6 is 0 Å². The van der Waals surface area contributed by atoms with Crippen LogP contribution in [0.5, 0.6) is 11.5 Å². The molecule has 0 aliphatic heterocycles. The van der Waals surface area contributed by atoms with Crippen LogP contribution in [0.15, 0.2) is 55.1 Å². The highest BCUT2D eigenvalue weighted by Crippen LogP contribution is 2.20. The molecule has 2 aromatic carbocycles. The van der Waals surface area contributed by atoms with Crippen LogP contribution in [-0.4, -0.2) is 17.6 Å². The molecule has 5 nitrogen and oxygen atoms in total. The Labute approximate surface area is 127 Å². The zero-order valence-corrected chi connectivity index (χ0v) is 11.7. The highest BCUT2D eigenvalue weighted by atomic mass is 19.1. The van der Waals surface area contributed by atoms with Gasteiger partial charge in [0, 0.05) is 5.56 Å². The van der Waals surface area contributed by atoms with E-state index in [2.05, 4.69) is 17.4 Å². The number of hydrogen-bond acceptors (Lipinski definition) is 4. The molecule has 22 heavy (non-hydrogen) atoms. The molecule has 0 saturated carbocycles. The summed E-state index contributed by atoms with van der Waals surface area (Å²) in [6, 6.07) is 11.9. The molecule has 0 bridgehead atoms. The Balaban J connectivity index is 1.79. The number of nitrogens with one attached hydrogen (secondary N) is 2. The predicted molar refractivity (Wildman–Crippen MR) is 80.3 cm³/mol. The SMILES string of the molecule is C=C(NNC(=O)COc1ccc(F)cc1)c1ccccc1O. The van der Waals surface area contributed by atoms with Gasteiger partial charge >= 0.3 is 0 Å². The molecule has 0 saturated heterocycles. The Morgan fingerprint density at radius 3 is 2.50 bits per heavy atom. The van der Waals surface area contributed by atoms with Gasteiger partial charge in [0.05, 0.1) is 5.70 Å². The van der Waals surface area contributed by atoms with Gasteiger partial charge in [0.25, 0.3) is 5.91 Å². The minimum absolute atomic E-state index is 0.0526. The van der Waals surface area contributed by atoms with E-state index in [9.17, 15) is 14.3 Å². The molecular weight excluding hydrogens is 287 g/mol. The normalized spacial score (nSPS) is 9.86. The Hall–Kier alpha value is -3.02. The molecule has 0 aromatic heterocycles. The van der Waals surface area contributed by atoms with E-state index in [1.165, 1.54) is 30.3 Å². The number of hydrogen-bond donors (Lipinski definition) is 3. The van der Waals surface area contributed by atoms with Crippen LogP contribution < -0.4 is 15.6 Å². The summed E-state index contributed by atoms with van der Waals surface area (Å²) in [5.74, 6) is -0.383. The lowest BCUT2D eigenvalue weighted by Gasteiger charge is -2.12. The van der Waals surface area contributed by atoms with Gasteiger partial charge in [0.2, 0.25) is 0 Å². The van der Waals surface area contributed by atoms with E-state index in [1.54, 1.807) is 18.2 Å². The predicted octanol–water partition coefficient (Wildman–Crippen LogP) is 2.20. The van der Waals surface area contributed by atoms with Gasteiger partial charge in [-0.2, -0.15) is 0 Å². The minimum Gasteiger partial charge on any atom is -0.507 e. The first kappa shape index (κ1) is 15.4. The first-order valence-corrected chi connectivity index (χ1v) is 6.47. The third-order valence-corrected chi connectivity index (χ3v) is 2.77. The Kier molecular flexibility index (Phi) is 4.98. The third-order valence-electron chi connectivity index (χ3n) is 2.77. The summed E-state index contributed by atoms with van der Waals surface area (Å²) in [4.78, 5) is 11.6. The van der Waals surface area contributed by atoms with E-state index in [1.807, 2.05) is 0 Å². The van der Waals surface area contributed by atoms with Crippen molar-refractivity contribution in [1.82, 2.24) is 10.9 Å². The summed E-state index contributed by atoms with van der Waals surface area (Å²) in [5, 5.41) is 9.65. The fourth-order valence-corrected chi connectivity index (χ4v) is 1.66. The van der Waals surface area contributed by atoms with Gasteiger partial charge in [0.1, 0.15) is 17.3 Å². The largest absolute Gasteiger partial charge is 0.507 e. The topological polar surface area (TPSA) is 70.6 Å². The third kappa shape index (κ3) is 4.24. The van der Waals surface area contributed by atoms with Crippen LogP contribution in [0.4, 0.5) is 4.39 Å². The van der Waals surface area contributed by atoms with Crippen molar-refractivity contribution in [2.45, 2.75) is 0 Å². The lowest BCUT2D eigenvalue weighted by Crippen LogP contribution is -2.38. The van der Waals surface area contributed by atoms with Crippen molar-refractivity contribution in [3.8, 4) is 11.5 Å². The lowest BCUT2D eigenvalue weighted by atomic mass is 10.1. The Morgan fingerprint density at radius 2 is 1.82 bits per heavy atom. The maximum Gasteiger partial charge on any atom is 0.276 e. The van der Waals surface area contributed by atoms with Crippen molar-refractivity contribution >= 4 is 11.6 Å². The molecule has 0 heterocycles. The van der Waals surface area contributed by atoms with Gasteiger partial charge in [-0.25, -0.2) is 4.39 Å². The number of benzene rings is 2. The van der Waals surface area contributed by atoms with Crippen molar-refractivity contribution in [2.24, 2.45) is 0 Å². The summed E-state index contributed by atoms with van der Waals surface area (Å²) in [6.45, 7) is 3.47. The van der Waals surface area contributed by atoms with Gasteiger partial charge in [0.15, 0.2) is 6.61 Å². The maximum absolute atomic E-state index is 12.7. The number of phenols is 1. The maximum atomic E-state index is 12.7. The molecule has 0 unspecified atom stereocenters. The molecule has 0 spiro atoms. The average Bonchev–Trinajstić information content (AvgIpc) is 2.52. The summed E-state index contributed by atoms with van der Waals surface area (Å²) in [7, 11) is 0. The second-order valence-corrected chi connectivity index (χ2v) is 4.41. The summed E-state index contributed by atoms with van der Waals surface area (Å²) in [5.41, 5.74) is 5.80. The monoisotopic (exact) mass is 302 g/mol. The fraction of sp³-hybridized carbons (Fsp3) is 0.0625. The number of para-hydroxylation sites is 1. The van der Waals surface area contributed by atoms with E-state index >= 15 is 0 Å². The molecular formula is C16H15FN2O3. The summed E-state index contributed by atoms with van der Waals surface area (Å²) in [6.07, 6.45) is 0. The Bertz CT molecular complexity index is 671. The van der Waals surface area contributed by atoms with Crippen LogP contribution in [-0.2, 0) is 4.79 Å². The number of phenolic OH excluding ortho intramolecular Hbond substituents is 1. The van der Waals surface area contributed by atoms with E-state index in [-0.39, 0.29) is 18.2 Å². The first-order valence-electron chi connectivity index (χ1n) is 6.47. The second kappa shape index (κ2) is 7.12. The fourth-order valence-electron chi connectivity index (χ4n) is 1.66. The van der Waals surface area contributed by atoms with E-state index in [0.29, 0.717) is 17.0 Å². The van der Waals surface area contributed by atoms with Gasteiger partial charge < -0.3 is 9.84 Å². The molecule has 3 N–H and O–H groups in total. The number of carbonyl (C=O) groups is 1. The van der Waals surface area contributed by atoms with Gasteiger partial charge in [-0.3, -0.25) is 15.6 Å². The van der Waals surface area contributed by atoms with Crippen LogP contribution in [0.2, 0.25) is 0 Å². The van der Waals surface area contributed by atoms with Gasteiger partial charge in [-0.1, -0.05) is 18.7 Å². The number of amides is 1. The highest BCUT2D eigenvalue weighted by molar-refractivity contribution is 5.79. The quantitative estimate of drug-likeness (QED) is 0.716. The van der Waals surface area contributed by atoms with E-state index < -0.39 is 5.91 Å². The molecule has 114 valence electrons. The van der Waals surface area contributed by atoms with Crippen molar-refractivity contribution in [2.75, 3.05) is 6.61 Å². The first-order chi connectivity index (χ1) is 10.6. The molecule has 0 fully saturated rings. The van der Waals surface area contributed by atoms with Crippen LogP contribution in [0.25, 0.3) is 5.70 Å². The minimum atomic E-state index is -0.444. The molecule has 6 heteroatoms. The van der Waals surface area contributed by atoms with Gasteiger partial charge in [-0.15, -0.1) is 0 Å². The lowest BCUT2D eigenvalue weighted by molar-refractivity contribution is -0.123. The van der Waals surface area contributed by atoms with Crippen molar-refractivity contribution in [3.05, 3.63) is 66.5 Å².